The highest BCUT2D eigenvalue weighted by atomic mass is 32.1. The second-order valence-corrected chi connectivity index (χ2v) is 7.93. The van der Waals surface area contributed by atoms with Crippen molar-refractivity contribution >= 4 is 11.3 Å². The normalized spacial score (nSPS) is 19.0. The van der Waals surface area contributed by atoms with Crippen LogP contribution in [-0.2, 0) is 18.3 Å². The maximum Gasteiger partial charge on any atom is 0.0944 e. The molecular weight excluding hydrogens is 276 g/mol. The van der Waals surface area contributed by atoms with Crippen LogP contribution in [0.4, 0.5) is 0 Å². The fourth-order valence-corrected chi connectivity index (χ4v) is 4.12. The summed E-state index contributed by atoms with van der Waals surface area (Å²) in [4.78, 5) is 4.84. The number of benzene rings is 1. The Labute approximate surface area is 131 Å². The first kappa shape index (κ1) is 14.7. The number of fused-ring (bicyclic) bond motifs is 1. The Hall–Kier alpha value is -1.19. The molecule has 1 aliphatic rings. The zero-order chi connectivity index (χ0) is 15.0. The predicted molar refractivity (Wildman–Crippen MR) is 90.3 cm³/mol. The van der Waals surface area contributed by atoms with E-state index in [1.807, 2.05) is 0 Å². The number of likely N-dealkylation sites (N-methyl/N-ethyl adjacent to an activating group) is 1. The summed E-state index contributed by atoms with van der Waals surface area (Å²) in [5, 5.41) is 6.98. The second-order valence-electron chi connectivity index (χ2n) is 6.99. The summed E-state index contributed by atoms with van der Waals surface area (Å²) in [7, 11) is 2.07. The minimum absolute atomic E-state index is 0.146. The third kappa shape index (κ3) is 2.90. The van der Waals surface area contributed by atoms with Gasteiger partial charge in [0.15, 0.2) is 0 Å². The van der Waals surface area contributed by atoms with Crippen LogP contribution in [0.15, 0.2) is 29.6 Å². The molecule has 0 bridgehead atoms. The Morgan fingerprint density at radius 2 is 2.10 bits per heavy atom. The Balaban J connectivity index is 1.73. The van der Waals surface area contributed by atoms with Crippen molar-refractivity contribution in [3.63, 3.8) is 0 Å². The van der Waals surface area contributed by atoms with Gasteiger partial charge in [0.25, 0.3) is 0 Å². The monoisotopic (exact) mass is 300 g/mol. The molecule has 112 valence electrons. The molecule has 0 saturated carbocycles. The summed E-state index contributed by atoms with van der Waals surface area (Å²) in [6.07, 6.45) is 2.22. The molecule has 0 saturated heterocycles. The molecule has 3 heteroatoms. The van der Waals surface area contributed by atoms with Crippen molar-refractivity contribution < 1.29 is 0 Å². The SMILES string of the molecule is CNC(Cc1nc(C(C)(C)C)cs1)C1Cc2ccccc21. The van der Waals surface area contributed by atoms with Crippen LogP contribution in [0.1, 0.15) is 48.5 Å². The maximum absolute atomic E-state index is 4.84. The molecule has 2 unspecified atom stereocenters. The molecule has 2 aromatic rings. The maximum atomic E-state index is 4.84. The van der Waals surface area contributed by atoms with Crippen molar-refractivity contribution in [3.8, 4) is 0 Å². The van der Waals surface area contributed by atoms with E-state index >= 15 is 0 Å². The lowest BCUT2D eigenvalue weighted by Gasteiger charge is -2.36. The zero-order valence-electron chi connectivity index (χ0n) is 13.3. The van der Waals surface area contributed by atoms with Crippen LogP contribution in [0.3, 0.4) is 0 Å². The van der Waals surface area contributed by atoms with E-state index in [2.05, 4.69) is 62.8 Å². The highest BCUT2D eigenvalue weighted by Gasteiger charge is 2.32. The standard InChI is InChI=1S/C18H24N2S/c1-18(2,3)16-11-21-17(20-16)10-15(19-4)14-9-12-7-5-6-8-13(12)14/h5-8,11,14-15,19H,9-10H2,1-4H3. The van der Waals surface area contributed by atoms with Gasteiger partial charge in [-0.2, -0.15) is 0 Å². The molecule has 1 heterocycles. The highest BCUT2D eigenvalue weighted by Crippen LogP contribution is 2.38. The van der Waals surface area contributed by atoms with Gasteiger partial charge in [-0.3, -0.25) is 0 Å². The van der Waals surface area contributed by atoms with E-state index in [9.17, 15) is 0 Å². The van der Waals surface area contributed by atoms with Gasteiger partial charge in [-0.1, -0.05) is 45.0 Å². The molecule has 1 aromatic carbocycles. The topological polar surface area (TPSA) is 24.9 Å². The van der Waals surface area contributed by atoms with Gasteiger partial charge < -0.3 is 5.32 Å². The average Bonchev–Trinajstić information content (AvgIpc) is 2.87. The summed E-state index contributed by atoms with van der Waals surface area (Å²) in [5.74, 6) is 0.633. The van der Waals surface area contributed by atoms with Crippen LogP contribution < -0.4 is 5.32 Å². The second kappa shape index (κ2) is 5.54. The first-order valence-electron chi connectivity index (χ1n) is 7.69. The van der Waals surface area contributed by atoms with Gasteiger partial charge in [0.1, 0.15) is 0 Å². The molecule has 0 aliphatic heterocycles. The lowest BCUT2D eigenvalue weighted by atomic mass is 9.73. The Morgan fingerprint density at radius 1 is 1.33 bits per heavy atom. The molecule has 0 amide bonds. The van der Waals surface area contributed by atoms with E-state index in [1.54, 1.807) is 11.3 Å². The van der Waals surface area contributed by atoms with Crippen molar-refractivity contribution in [1.29, 1.82) is 0 Å². The first-order valence-corrected chi connectivity index (χ1v) is 8.57. The molecule has 2 atom stereocenters. The van der Waals surface area contributed by atoms with E-state index in [0.717, 1.165) is 6.42 Å². The quantitative estimate of drug-likeness (QED) is 0.926. The van der Waals surface area contributed by atoms with Crippen molar-refractivity contribution in [1.82, 2.24) is 10.3 Å². The van der Waals surface area contributed by atoms with Gasteiger partial charge in [0.05, 0.1) is 10.7 Å². The highest BCUT2D eigenvalue weighted by molar-refractivity contribution is 7.09. The molecule has 0 radical (unpaired) electrons. The molecular formula is C18H24N2S. The third-order valence-electron chi connectivity index (χ3n) is 4.47. The van der Waals surface area contributed by atoms with Gasteiger partial charge in [-0.15, -0.1) is 11.3 Å². The van der Waals surface area contributed by atoms with Crippen LogP contribution in [0.5, 0.6) is 0 Å². The lowest BCUT2D eigenvalue weighted by Crippen LogP contribution is -2.39. The number of rotatable bonds is 4. The van der Waals surface area contributed by atoms with Gasteiger partial charge in [-0.25, -0.2) is 4.98 Å². The molecule has 1 aliphatic carbocycles. The summed E-state index contributed by atoms with van der Waals surface area (Å²) >= 11 is 1.80. The van der Waals surface area contributed by atoms with Gasteiger partial charge in [-0.05, 0) is 24.6 Å². The molecule has 0 spiro atoms. The molecule has 21 heavy (non-hydrogen) atoms. The Morgan fingerprint density at radius 3 is 2.71 bits per heavy atom. The minimum atomic E-state index is 0.146. The number of nitrogens with one attached hydrogen (secondary N) is 1. The van der Waals surface area contributed by atoms with Crippen LogP contribution in [0, 0.1) is 0 Å². The van der Waals surface area contributed by atoms with Crippen LogP contribution in [-0.4, -0.2) is 18.1 Å². The van der Waals surface area contributed by atoms with Crippen LogP contribution in [0.2, 0.25) is 0 Å². The largest absolute Gasteiger partial charge is 0.316 e. The minimum Gasteiger partial charge on any atom is -0.316 e. The van der Waals surface area contributed by atoms with E-state index in [4.69, 9.17) is 4.98 Å². The number of hydrogen-bond donors (Lipinski definition) is 1. The fraction of sp³-hybridized carbons (Fsp3) is 0.500. The summed E-state index contributed by atoms with van der Waals surface area (Å²) < 4.78 is 0. The Bertz CT molecular complexity index is 624. The summed E-state index contributed by atoms with van der Waals surface area (Å²) in [6.45, 7) is 6.68. The predicted octanol–water partition coefficient (Wildman–Crippen LogP) is 3.91. The van der Waals surface area contributed by atoms with Crippen molar-refractivity contribution in [3.05, 3.63) is 51.5 Å². The van der Waals surface area contributed by atoms with E-state index < -0.39 is 0 Å². The zero-order valence-corrected chi connectivity index (χ0v) is 14.1. The van der Waals surface area contributed by atoms with Gasteiger partial charge in [0.2, 0.25) is 0 Å². The van der Waals surface area contributed by atoms with E-state index in [1.165, 1.54) is 28.2 Å². The summed E-state index contributed by atoms with van der Waals surface area (Å²) in [6, 6.07) is 9.30. The smallest absolute Gasteiger partial charge is 0.0944 e. The molecule has 3 rings (SSSR count). The van der Waals surface area contributed by atoms with Crippen molar-refractivity contribution in [2.45, 2.75) is 51.0 Å². The van der Waals surface area contributed by atoms with Gasteiger partial charge in [0, 0.05) is 29.2 Å². The molecule has 0 fully saturated rings. The first-order chi connectivity index (χ1) is 9.99. The summed E-state index contributed by atoms with van der Waals surface area (Å²) in [5.41, 5.74) is 4.39. The number of hydrogen-bond acceptors (Lipinski definition) is 3. The van der Waals surface area contributed by atoms with Crippen LogP contribution in [0.25, 0.3) is 0 Å². The number of thiazole rings is 1. The van der Waals surface area contributed by atoms with Crippen molar-refractivity contribution in [2.24, 2.45) is 0 Å². The Kier molecular flexibility index (Phi) is 3.89. The molecule has 1 N–H and O–H groups in total. The molecule has 2 nitrogen and oxygen atoms in total. The van der Waals surface area contributed by atoms with Crippen molar-refractivity contribution in [2.75, 3.05) is 7.05 Å². The number of nitrogens with zero attached hydrogens (tertiary/aromatic N) is 1. The lowest BCUT2D eigenvalue weighted by molar-refractivity contribution is 0.421. The number of aromatic nitrogens is 1. The average molecular weight is 300 g/mol. The van der Waals surface area contributed by atoms with E-state index in [0.29, 0.717) is 12.0 Å². The fourth-order valence-electron chi connectivity index (χ4n) is 3.04. The van der Waals surface area contributed by atoms with E-state index in [-0.39, 0.29) is 5.41 Å². The van der Waals surface area contributed by atoms with Crippen LogP contribution >= 0.6 is 11.3 Å². The van der Waals surface area contributed by atoms with Gasteiger partial charge >= 0.3 is 0 Å². The third-order valence-corrected chi connectivity index (χ3v) is 5.34. The molecule has 1 aromatic heterocycles.